The first-order valence-corrected chi connectivity index (χ1v) is 2.80. The second kappa shape index (κ2) is 3.44. The van der Waals surface area contributed by atoms with E-state index in [1.165, 1.54) is 19.1 Å². The number of halogens is 3. The molecule has 0 bridgehead atoms. The van der Waals surface area contributed by atoms with E-state index in [1.54, 1.807) is 0 Å². The van der Waals surface area contributed by atoms with Crippen LogP contribution in [0, 0.1) is 0 Å². The Morgan fingerprint density at radius 1 is 1.50 bits per heavy atom. The van der Waals surface area contributed by atoms with E-state index in [9.17, 15) is 13.2 Å². The smallest absolute Gasteiger partial charge is 0.171 e. The van der Waals surface area contributed by atoms with E-state index in [1.807, 2.05) is 0 Å². The van der Waals surface area contributed by atoms with Gasteiger partial charge in [0.25, 0.3) is 0 Å². The molecule has 58 valence electrons. The Labute approximate surface area is 58.0 Å². The van der Waals surface area contributed by atoms with E-state index in [4.69, 9.17) is 0 Å². The molecule has 0 fully saturated rings. The fraction of sp³-hybridized carbons (Fsp3) is 0.429. The second-order valence-electron chi connectivity index (χ2n) is 2.04. The number of hydrogen-bond donors (Lipinski definition) is 0. The summed E-state index contributed by atoms with van der Waals surface area (Å²) < 4.78 is 34.7. The predicted octanol–water partition coefficient (Wildman–Crippen LogP) is 3.07. The van der Waals surface area contributed by atoms with Gasteiger partial charge in [-0.15, -0.1) is 0 Å². The monoisotopic (exact) mass is 150 g/mol. The zero-order valence-electron chi connectivity index (χ0n) is 5.70. The van der Waals surface area contributed by atoms with Crippen molar-refractivity contribution < 1.29 is 13.2 Å². The molecule has 0 aromatic heterocycles. The van der Waals surface area contributed by atoms with Gasteiger partial charge in [0, 0.05) is 0 Å². The summed E-state index contributed by atoms with van der Waals surface area (Å²) in [7, 11) is 0. The van der Waals surface area contributed by atoms with Gasteiger partial charge in [0.2, 0.25) is 0 Å². The van der Waals surface area contributed by atoms with Crippen LogP contribution in [-0.2, 0) is 0 Å². The highest BCUT2D eigenvalue weighted by Crippen LogP contribution is 2.23. The van der Waals surface area contributed by atoms with Gasteiger partial charge in [-0.3, -0.25) is 0 Å². The Morgan fingerprint density at radius 2 is 2.00 bits per heavy atom. The summed E-state index contributed by atoms with van der Waals surface area (Å²) in [6.07, 6.45) is -2.24. The van der Waals surface area contributed by atoms with Crippen LogP contribution < -0.4 is 0 Å². The molecule has 10 heavy (non-hydrogen) atoms. The van der Waals surface area contributed by atoms with Gasteiger partial charge in [0.05, 0.1) is 6.42 Å². The van der Waals surface area contributed by atoms with Crippen molar-refractivity contribution in [1.29, 1.82) is 0 Å². The Kier molecular flexibility index (Phi) is 3.19. The SMILES string of the molecule is C=C/C=C(/C)CC(F)(F)F. The van der Waals surface area contributed by atoms with E-state index < -0.39 is 12.6 Å². The van der Waals surface area contributed by atoms with Gasteiger partial charge in [-0.2, -0.15) is 13.2 Å². The first-order valence-electron chi connectivity index (χ1n) is 2.80. The highest BCUT2D eigenvalue weighted by Gasteiger charge is 2.26. The van der Waals surface area contributed by atoms with Crippen LogP contribution in [0.1, 0.15) is 13.3 Å². The molecule has 0 heterocycles. The minimum absolute atomic E-state index is 0.280. The standard InChI is InChI=1S/C7H9F3/c1-3-4-6(2)5-7(8,9)10/h3-4H,1,5H2,2H3/b6-4-. The molecule has 0 unspecified atom stereocenters. The van der Waals surface area contributed by atoms with Crippen LogP contribution in [-0.4, -0.2) is 6.18 Å². The van der Waals surface area contributed by atoms with Gasteiger partial charge in [0.1, 0.15) is 0 Å². The molecule has 0 rings (SSSR count). The maximum absolute atomic E-state index is 11.6. The van der Waals surface area contributed by atoms with Crippen molar-refractivity contribution in [3.8, 4) is 0 Å². The molecule has 0 radical (unpaired) electrons. The van der Waals surface area contributed by atoms with Gasteiger partial charge in [-0.1, -0.05) is 24.3 Å². The van der Waals surface area contributed by atoms with E-state index in [2.05, 4.69) is 6.58 Å². The highest BCUT2D eigenvalue weighted by atomic mass is 19.4. The van der Waals surface area contributed by atoms with Gasteiger partial charge >= 0.3 is 6.18 Å². The van der Waals surface area contributed by atoms with Crippen molar-refractivity contribution in [3.63, 3.8) is 0 Å². The van der Waals surface area contributed by atoms with Crippen LogP contribution in [0.3, 0.4) is 0 Å². The first kappa shape index (κ1) is 9.27. The Hall–Kier alpha value is -0.730. The zero-order valence-corrected chi connectivity index (χ0v) is 5.70. The van der Waals surface area contributed by atoms with Crippen LogP contribution in [0.4, 0.5) is 13.2 Å². The first-order chi connectivity index (χ1) is 4.45. The van der Waals surface area contributed by atoms with Crippen LogP contribution in [0.25, 0.3) is 0 Å². The van der Waals surface area contributed by atoms with Crippen LogP contribution in [0.2, 0.25) is 0 Å². The summed E-state index contributed by atoms with van der Waals surface area (Å²) in [4.78, 5) is 0. The summed E-state index contributed by atoms with van der Waals surface area (Å²) in [5.41, 5.74) is 0.280. The van der Waals surface area contributed by atoms with Crippen molar-refractivity contribution in [3.05, 3.63) is 24.3 Å². The number of rotatable bonds is 2. The van der Waals surface area contributed by atoms with Crippen molar-refractivity contribution in [2.75, 3.05) is 0 Å². The average molecular weight is 150 g/mol. The van der Waals surface area contributed by atoms with Gasteiger partial charge < -0.3 is 0 Å². The molecule has 0 atom stereocenters. The minimum Gasteiger partial charge on any atom is -0.171 e. The largest absolute Gasteiger partial charge is 0.392 e. The van der Waals surface area contributed by atoms with E-state index >= 15 is 0 Å². The predicted molar refractivity (Wildman–Crippen MR) is 34.6 cm³/mol. The fourth-order valence-electron chi connectivity index (χ4n) is 0.576. The van der Waals surface area contributed by atoms with E-state index in [0.717, 1.165) is 0 Å². The number of hydrogen-bond acceptors (Lipinski definition) is 0. The summed E-state index contributed by atoms with van der Waals surface area (Å²) >= 11 is 0. The third-order valence-electron chi connectivity index (χ3n) is 0.882. The van der Waals surface area contributed by atoms with Gasteiger partial charge in [-0.05, 0) is 6.92 Å². The molecule has 0 aliphatic heterocycles. The molecule has 0 N–H and O–H groups in total. The highest BCUT2D eigenvalue weighted by molar-refractivity contribution is 5.08. The third-order valence-corrected chi connectivity index (χ3v) is 0.882. The maximum Gasteiger partial charge on any atom is 0.392 e. The van der Waals surface area contributed by atoms with Crippen molar-refractivity contribution in [2.24, 2.45) is 0 Å². The van der Waals surface area contributed by atoms with Crippen molar-refractivity contribution >= 4 is 0 Å². The molecular weight excluding hydrogens is 141 g/mol. The fourth-order valence-corrected chi connectivity index (χ4v) is 0.576. The van der Waals surface area contributed by atoms with Crippen LogP contribution in [0.5, 0.6) is 0 Å². The molecule has 0 saturated carbocycles. The minimum atomic E-state index is -4.09. The molecule has 0 amide bonds. The lowest BCUT2D eigenvalue weighted by molar-refractivity contribution is -0.127. The molecule has 0 nitrogen and oxygen atoms in total. The topological polar surface area (TPSA) is 0 Å². The lowest BCUT2D eigenvalue weighted by Gasteiger charge is -2.04. The summed E-state index contributed by atoms with van der Waals surface area (Å²) in [6, 6.07) is 0. The third kappa shape index (κ3) is 5.41. The quantitative estimate of drug-likeness (QED) is 0.530. The molecular formula is C7H9F3. The van der Waals surface area contributed by atoms with E-state index in [0.29, 0.717) is 0 Å². The van der Waals surface area contributed by atoms with Gasteiger partial charge in [-0.25, -0.2) is 0 Å². The molecule has 0 saturated heterocycles. The Morgan fingerprint density at radius 3 is 2.30 bits per heavy atom. The zero-order chi connectivity index (χ0) is 8.20. The number of alkyl halides is 3. The van der Waals surface area contributed by atoms with Crippen molar-refractivity contribution in [2.45, 2.75) is 19.5 Å². The van der Waals surface area contributed by atoms with Crippen molar-refractivity contribution in [1.82, 2.24) is 0 Å². The normalized spacial score (nSPS) is 13.4. The van der Waals surface area contributed by atoms with Crippen LogP contribution >= 0.6 is 0 Å². The molecule has 0 aliphatic carbocycles. The lowest BCUT2D eigenvalue weighted by atomic mass is 10.2. The van der Waals surface area contributed by atoms with Crippen LogP contribution in [0.15, 0.2) is 24.3 Å². The average Bonchev–Trinajstić information content (AvgIpc) is 1.59. The lowest BCUT2D eigenvalue weighted by Crippen LogP contribution is -2.06. The second-order valence-corrected chi connectivity index (χ2v) is 2.04. The summed E-state index contributed by atoms with van der Waals surface area (Å²) in [5.74, 6) is 0. The van der Waals surface area contributed by atoms with E-state index in [-0.39, 0.29) is 5.57 Å². The molecule has 0 aromatic carbocycles. The number of allylic oxidation sites excluding steroid dienone is 3. The summed E-state index contributed by atoms with van der Waals surface area (Å²) in [6.45, 7) is 4.71. The molecule has 3 heteroatoms. The molecule has 0 aliphatic rings. The summed E-state index contributed by atoms with van der Waals surface area (Å²) in [5, 5.41) is 0. The molecule has 0 aromatic rings. The molecule has 0 spiro atoms. The Balaban J connectivity index is 3.91. The Bertz CT molecular complexity index is 141. The van der Waals surface area contributed by atoms with Gasteiger partial charge in [0.15, 0.2) is 0 Å². The maximum atomic E-state index is 11.6.